The molecule has 11 heavy (non-hydrogen) atoms. The maximum Gasteiger partial charge on any atom is 0.146 e. The lowest BCUT2D eigenvalue weighted by Crippen LogP contribution is -2.42. The molecule has 0 aliphatic rings. The van der Waals surface area contributed by atoms with Gasteiger partial charge >= 0.3 is 0 Å². The Morgan fingerprint density at radius 3 is 1.55 bits per heavy atom. The minimum Gasteiger partial charge on any atom is -0.422 e. The van der Waals surface area contributed by atoms with Crippen LogP contribution < -0.4 is 0 Å². The van der Waals surface area contributed by atoms with E-state index in [1.165, 1.54) is 0 Å². The largest absolute Gasteiger partial charge is 0.422 e. The van der Waals surface area contributed by atoms with Crippen molar-refractivity contribution in [1.82, 2.24) is 0 Å². The predicted molar refractivity (Wildman–Crippen MR) is 53.7 cm³/mol. The highest BCUT2D eigenvalue weighted by molar-refractivity contribution is 5.98. The van der Waals surface area contributed by atoms with E-state index in [0.29, 0.717) is 11.8 Å². The molecule has 2 heteroatoms. The summed E-state index contributed by atoms with van der Waals surface area (Å²) in [5.74, 6) is 1.26. The molecule has 0 saturated carbocycles. The van der Waals surface area contributed by atoms with Gasteiger partial charge in [0.05, 0.1) is 5.60 Å². The second-order valence-electron chi connectivity index (χ2n) is 3.82. The lowest BCUT2D eigenvalue weighted by Gasteiger charge is -2.40. The Morgan fingerprint density at radius 2 is 1.55 bits per heavy atom. The zero-order valence-electron chi connectivity index (χ0n) is 8.77. The van der Waals surface area contributed by atoms with Crippen molar-refractivity contribution in [3.8, 4) is 0 Å². The molecular formula is C9H22OSi. The highest BCUT2D eigenvalue weighted by Gasteiger charge is 2.34. The molecule has 0 saturated heterocycles. The van der Waals surface area contributed by atoms with Crippen LogP contribution >= 0.6 is 0 Å². The quantitative estimate of drug-likeness (QED) is 0.590. The van der Waals surface area contributed by atoms with Crippen molar-refractivity contribution >= 4 is 10.5 Å². The predicted octanol–water partition coefficient (Wildman–Crippen LogP) is 1.74. The molecule has 0 heterocycles. The van der Waals surface area contributed by atoms with Gasteiger partial charge in [-0.25, -0.2) is 0 Å². The van der Waals surface area contributed by atoms with E-state index in [-0.39, 0.29) is 5.60 Å². The zero-order valence-corrected chi connectivity index (χ0v) is 10.8. The van der Waals surface area contributed by atoms with Gasteiger partial charge in [-0.15, -0.1) is 0 Å². The maximum absolute atomic E-state index is 5.75. The van der Waals surface area contributed by atoms with Gasteiger partial charge in [-0.2, -0.15) is 0 Å². The first kappa shape index (κ1) is 11.2. The molecule has 0 radical (unpaired) electrons. The van der Waals surface area contributed by atoms with Gasteiger partial charge in [0.1, 0.15) is 10.5 Å². The van der Waals surface area contributed by atoms with E-state index in [0.717, 1.165) is 16.9 Å². The summed E-state index contributed by atoms with van der Waals surface area (Å²) in [6.45, 7) is 11.2. The topological polar surface area (TPSA) is 9.23 Å². The Morgan fingerprint density at radius 1 is 1.18 bits per heavy atom. The Labute approximate surface area is 74.1 Å². The highest BCUT2D eigenvalue weighted by Crippen LogP contribution is 2.32. The summed E-state index contributed by atoms with van der Waals surface area (Å²) in [6, 6.07) is 0. The second-order valence-corrected chi connectivity index (χ2v) is 4.23. The van der Waals surface area contributed by atoms with Crippen molar-refractivity contribution < 1.29 is 4.43 Å². The van der Waals surface area contributed by atoms with Crippen LogP contribution in [0.5, 0.6) is 0 Å². The van der Waals surface area contributed by atoms with Crippen molar-refractivity contribution in [1.29, 1.82) is 0 Å². The Hall–Kier alpha value is 0.177. The van der Waals surface area contributed by atoms with Crippen LogP contribution in [0.25, 0.3) is 0 Å². The van der Waals surface area contributed by atoms with Gasteiger partial charge in [0.15, 0.2) is 0 Å². The lowest BCUT2D eigenvalue weighted by atomic mass is 9.78. The first-order valence-corrected chi connectivity index (χ1v) is 5.38. The van der Waals surface area contributed by atoms with Crippen LogP contribution in [0.3, 0.4) is 0 Å². The molecule has 0 N–H and O–H groups in total. The van der Waals surface area contributed by atoms with Gasteiger partial charge in [-0.3, -0.25) is 0 Å². The molecule has 1 nitrogen and oxygen atoms in total. The highest BCUT2D eigenvalue weighted by atomic mass is 28.2. The minimum absolute atomic E-state index is 0.145. The average molecular weight is 174 g/mol. The molecule has 0 fully saturated rings. The van der Waals surface area contributed by atoms with E-state index in [9.17, 15) is 0 Å². The fourth-order valence-electron chi connectivity index (χ4n) is 2.10. The maximum atomic E-state index is 5.75. The van der Waals surface area contributed by atoms with Crippen LogP contribution in [0.2, 0.25) is 0 Å². The van der Waals surface area contributed by atoms with E-state index < -0.39 is 0 Å². The fourth-order valence-corrected chi connectivity index (χ4v) is 3.33. The molecule has 0 aliphatic carbocycles. The van der Waals surface area contributed by atoms with Gasteiger partial charge in [0.25, 0.3) is 0 Å². The first-order valence-electron chi connectivity index (χ1n) is 4.56. The molecule has 68 valence electrons. The summed E-state index contributed by atoms with van der Waals surface area (Å²) in [5.41, 5.74) is 0.145. The molecule has 0 aromatic rings. The molecule has 0 aliphatic heterocycles. The molecule has 0 aromatic heterocycles. The standard InChI is InChI=1S/C9H22OSi/c1-6-9(10-11,7(2)3)8(4)5/h7-8H,6H2,1-5,11H3. The van der Waals surface area contributed by atoms with Crippen molar-refractivity contribution in [2.24, 2.45) is 11.8 Å². The normalized spacial score (nSPS) is 13.4. The van der Waals surface area contributed by atoms with E-state index in [1.807, 2.05) is 0 Å². The monoisotopic (exact) mass is 174 g/mol. The summed E-state index contributed by atoms with van der Waals surface area (Å²) < 4.78 is 5.75. The van der Waals surface area contributed by atoms with E-state index >= 15 is 0 Å². The summed E-state index contributed by atoms with van der Waals surface area (Å²) in [7, 11) is 0.851. The van der Waals surface area contributed by atoms with Crippen molar-refractivity contribution in [2.45, 2.75) is 46.6 Å². The van der Waals surface area contributed by atoms with Gasteiger partial charge < -0.3 is 4.43 Å². The number of hydrogen-bond acceptors (Lipinski definition) is 1. The van der Waals surface area contributed by atoms with Crippen molar-refractivity contribution in [2.75, 3.05) is 0 Å². The smallest absolute Gasteiger partial charge is 0.146 e. The summed E-state index contributed by atoms with van der Waals surface area (Å²) in [5, 5.41) is 0. The van der Waals surface area contributed by atoms with E-state index in [1.54, 1.807) is 0 Å². The molecule has 0 rings (SSSR count). The van der Waals surface area contributed by atoms with Gasteiger partial charge in [-0.1, -0.05) is 34.6 Å². The van der Waals surface area contributed by atoms with Crippen molar-refractivity contribution in [3.63, 3.8) is 0 Å². The molecular weight excluding hydrogens is 152 g/mol. The third-order valence-corrected chi connectivity index (χ3v) is 3.65. The summed E-state index contributed by atoms with van der Waals surface area (Å²) >= 11 is 0. The number of rotatable bonds is 4. The molecule has 0 amide bonds. The number of hydrogen-bond donors (Lipinski definition) is 0. The average Bonchev–Trinajstić information content (AvgIpc) is 1.90. The van der Waals surface area contributed by atoms with E-state index in [2.05, 4.69) is 34.6 Å². The van der Waals surface area contributed by atoms with E-state index in [4.69, 9.17) is 4.43 Å². The fraction of sp³-hybridized carbons (Fsp3) is 1.00. The zero-order chi connectivity index (χ0) is 9.07. The Bertz CT molecular complexity index is 96.1. The molecule has 0 aromatic carbocycles. The molecule has 0 spiro atoms. The SMILES string of the molecule is CCC(O[SiH3])(C(C)C)C(C)C. The Balaban J connectivity index is 4.46. The van der Waals surface area contributed by atoms with Crippen LogP contribution in [-0.4, -0.2) is 16.1 Å². The summed E-state index contributed by atoms with van der Waals surface area (Å²) in [6.07, 6.45) is 1.13. The second kappa shape index (κ2) is 4.26. The first-order chi connectivity index (χ1) is 5.01. The van der Waals surface area contributed by atoms with Crippen LogP contribution in [0.15, 0.2) is 0 Å². The molecule has 0 atom stereocenters. The Kier molecular flexibility index (Phi) is 4.33. The molecule has 0 bridgehead atoms. The van der Waals surface area contributed by atoms with Crippen LogP contribution in [-0.2, 0) is 4.43 Å². The third kappa shape index (κ3) is 2.06. The van der Waals surface area contributed by atoms with Gasteiger partial charge in [0.2, 0.25) is 0 Å². The van der Waals surface area contributed by atoms with Gasteiger partial charge in [-0.05, 0) is 18.3 Å². The van der Waals surface area contributed by atoms with Crippen molar-refractivity contribution in [3.05, 3.63) is 0 Å². The molecule has 0 unspecified atom stereocenters. The summed E-state index contributed by atoms with van der Waals surface area (Å²) in [4.78, 5) is 0. The third-order valence-electron chi connectivity index (χ3n) is 2.89. The minimum atomic E-state index is 0.145. The van der Waals surface area contributed by atoms with Crippen LogP contribution in [0, 0.1) is 11.8 Å². The van der Waals surface area contributed by atoms with Crippen LogP contribution in [0.1, 0.15) is 41.0 Å². The van der Waals surface area contributed by atoms with Gasteiger partial charge in [0, 0.05) is 0 Å². The lowest BCUT2D eigenvalue weighted by molar-refractivity contribution is -0.0179. The van der Waals surface area contributed by atoms with Crippen LogP contribution in [0.4, 0.5) is 0 Å².